The Morgan fingerprint density at radius 2 is 1.77 bits per heavy atom. The van der Waals surface area contributed by atoms with Crippen LogP contribution in [0.15, 0.2) is 47.8 Å². The van der Waals surface area contributed by atoms with E-state index in [2.05, 4.69) is 47.3 Å². The molecule has 2 saturated heterocycles. The highest BCUT2D eigenvalue weighted by molar-refractivity contribution is 6.14. The molecule has 26 heavy (non-hydrogen) atoms. The third-order valence-electron chi connectivity index (χ3n) is 6.40. The van der Waals surface area contributed by atoms with Crippen molar-refractivity contribution >= 4 is 5.71 Å². The predicted octanol–water partition coefficient (Wildman–Crippen LogP) is 3.57. The van der Waals surface area contributed by atoms with Crippen LogP contribution in [0.1, 0.15) is 48.1 Å². The van der Waals surface area contributed by atoms with Gasteiger partial charge in [0.25, 0.3) is 0 Å². The van der Waals surface area contributed by atoms with Crippen LogP contribution < -0.4 is 0 Å². The second kappa shape index (κ2) is 6.51. The highest BCUT2D eigenvalue weighted by Gasteiger charge is 2.39. The van der Waals surface area contributed by atoms with Gasteiger partial charge in [0.1, 0.15) is 11.8 Å². The molecular weight excluding hydrogens is 322 g/mol. The van der Waals surface area contributed by atoms with Crippen molar-refractivity contribution in [3.8, 4) is 0 Å². The van der Waals surface area contributed by atoms with Gasteiger partial charge in [-0.25, -0.2) is 0 Å². The van der Waals surface area contributed by atoms with Crippen LogP contribution in [0, 0.1) is 0 Å². The van der Waals surface area contributed by atoms with Gasteiger partial charge in [-0.1, -0.05) is 29.4 Å². The van der Waals surface area contributed by atoms with Gasteiger partial charge in [0.05, 0.1) is 5.69 Å². The fourth-order valence-corrected chi connectivity index (χ4v) is 4.89. The number of hydrogen-bond acceptors (Lipinski definition) is 4. The van der Waals surface area contributed by atoms with Gasteiger partial charge in [-0.2, -0.15) is 0 Å². The van der Waals surface area contributed by atoms with Crippen LogP contribution >= 0.6 is 0 Å². The van der Waals surface area contributed by atoms with E-state index >= 15 is 0 Å². The van der Waals surface area contributed by atoms with Crippen molar-refractivity contribution in [3.63, 3.8) is 0 Å². The van der Waals surface area contributed by atoms with E-state index in [0.29, 0.717) is 12.1 Å². The third-order valence-corrected chi connectivity index (χ3v) is 6.40. The first kappa shape index (κ1) is 16.0. The van der Waals surface area contributed by atoms with E-state index in [-0.39, 0.29) is 6.10 Å². The number of fused-ring (bicyclic) bond motifs is 4. The first-order valence-electron chi connectivity index (χ1n) is 9.78. The van der Waals surface area contributed by atoms with Crippen LogP contribution in [0.25, 0.3) is 0 Å². The molecule has 1 aromatic carbocycles. The maximum atomic E-state index is 6.15. The Kier molecular flexibility index (Phi) is 4.01. The lowest BCUT2D eigenvalue weighted by molar-refractivity contribution is -0.00949. The molecule has 1 aromatic heterocycles. The van der Waals surface area contributed by atoms with Crippen molar-refractivity contribution in [1.29, 1.82) is 0 Å². The monoisotopic (exact) mass is 347 g/mol. The molecule has 4 heteroatoms. The molecule has 0 N–H and O–H groups in total. The zero-order chi connectivity index (χ0) is 17.5. The zero-order valence-electron chi connectivity index (χ0n) is 15.3. The van der Waals surface area contributed by atoms with Crippen LogP contribution in [-0.2, 0) is 17.7 Å². The normalized spacial score (nSPS) is 29.1. The summed E-state index contributed by atoms with van der Waals surface area (Å²) in [4.78, 5) is 13.3. The van der Waals surface area contributed by atoms with Gasteiger partial charge in [0, 0.05) is 42.2 Å². The summed E-state index contributed by atoms with van der Waals surface area (Å²) in [7, 11) is 2.26. The fraction of sp³-hybridized carbons (Fsp3) is 0.455. The Morgan fingerprint density at radius 3 is 2.62 bits per heavy atom. The van der Waals surface area contributed by atoms with Gasteiger partial charge in [-0.15, -0.1) is 0 Å². The number of hydrogen-bond donors (Lipinski definition) is 0. The Labute approximate surface area is 154 Å². The van der Waals surface area contributed by atoms with E-state index in [9.17, 15) is 0 Å². The van der Waals surface area contributed by atoms with Crippen molar-refractivity contribution < 1.29 is 4.84 Å². The average Bonchev–Trinajstić information content (AvgIpc) is 2.86. The van der Waals surface area contributed by atoms with Crippen molar-refractivity contribution in [2.75, 3.05) is 7.05 Å². The number of nitrogens with zero attached hydrogens (tertiary/aromatic N) is 3. The summed E-state index contributed by atoms with van der Waals surface area (Å²) in [5.41, 5.74) is 5.71. The lowest BCUT2D eigenvalue weighted by atomic mass is 9.99. The fourth-order valence-electron chi connectivity index (χ4n) is 4.89. The maximum absolute atomic E-state index is 6.15. The third kappa shape index (κ3) is 2.73. The van der Waals surface area contributed by atoms with Gasteiger partial charge < -0.3 is 9.74 Å². The summed E-state index contributed by atoms with van der Waals surface area (Å²) in [6, 6.07) is 14.0. The summed E-state index contributed by atoms with van der Waals surface area (Å²) < 4.78 is 0. The van der Waals surface area contributed by atoms with Crippen molar-refractivity contribution in [2.24, 2.45) is 5.16 Å². The predicted molar refractivity (Wildman–Crippen MR) is 102 cm³/mol. The van der Waals surface area contributed by atoms with E-state index in [1.807, 2.05) is 12.3 Å². The lowest BCUT2D eigenvalue weighted by Gasteiger charge is -2.34. The SMILES string of the molecule is CN1[C@@H]2CC[C@H]1CC(O/N=C1\c3ccccc3CCc3ncccc31)C2. The number of piperidine rings is 1. The zero-order valence-corrected chi connectivity index (χ0v) is 15.3. The van der Waals surface area contributed by atoms with Crippen molar-refractivity contribution in [2.45, 2.75) is 56.7 Å². The van der Waals surface area contributed by atoms with E-state index in [1.165, 1.54) is 24.0 Å². The second-order valence-corrected chi connectivity index (χ2v) is 7.84. The molecule has 0 spiro atoms. The summed E-state index contributed by atoms with van der Waals surface area (Å²) in [5.74, 6) is 0. The standard InChI is InChI=1S/C22H25N3O/c1-25-16-9-10-17(25)14-18(13-16)26-24-22-19-6-3-2-5-15(19)8-11-21-20(22)7-4-12-23-21/h2-7,12,16-18H,8-11,13-14H2,1H3/b24-22+/t16-,17+,18?. The van der Waals surface area contributed by atoms with Gasteiger partial charge in [0.2, 0.25) is 0 Å². The number of aromatic nitrogens is 1. The smallest absolute Gasteiger partial charge is 0.130 e. The molecular formula is C22H25N3O. The molecule has 0 saturated carbocycles. The van der Waals surface area contributed by atoms with Crippen LogP contribution in [0.4, 0.5) is 0 Å². The molecule has 2 aromatic rings. The highest BCUT2D eigenvalue weighted by atomic mass is 16.6. The molecule has 2 fully saturated rings. The minimum absolute atomic E-state index is 0.228. The lowest BCUT2D eigenvalue weighted by Crippen LogP contribution is -2.42. The first-order valence-corrected chi connectivity index (χ1v) is 9.78. The summed E-state index contributed by atoms with van der Waals surface area (Å²) in [6.45, 7) is 0. The molecule has 3 heterocycles. The largest absolute Gasteiger partial charge is 0.392 e. The summed E-state index contributed by atoms with van der Waals surface area (Å²) in [5, 5.41) is 4.73. The number of oxime groups is 1. The van der Waals surface area contributed by atoms with E-state index in [4.69, 9.17) is 9.99 Å². The van der Waals surface area contributed by atoms with Crippen LogP contribution in [0.5, 0.6) is 0 Å². The quantitative estimate of drug-likeness (QED) is 0.780. The topological polar surface area (TPSA) is 37.7 Å². The number of rotatable bonds is 2. The van der Waals surface area contributed by atoms with Crippen LogP contribution in [0.3, 0.4) is 0 Å². The summed E-state index contributed by atoms with van der Waals surface area (Å²) >= 11 is 0. The van der Waals surface area contributed by atoms with Gasteiger partial charge in [-0.3, -0.25) is 4.98 Å². The molecule has 2 aliphatic heterocycles. The molecule has 3 aliphatic rings. The number of aryl methyl sites for hydroxylation is 2. The minimum atomic E-state index is 0.228. The molecule has 0 amide bonds. The molecule has 0 radical (unpaired) electrons. The van der Waals surface area contributed by atoms with Crippen molar-refractivity contribution in [3.05, 3.63) is 65.0 Å². The second-order valence-electron chi connectivity index (χ2n) is 7.84. The molecule has 1 aliphatic carbocycles. The Morgan fingerprint density at radius 1 is 1.00 bits per heavy atom. The average molecular weight is 347 g/mol. The molecule has 134 valence electrons. The van der Waals surface area contributed by atoms with Crippen LogP contribution in [0.2, 0.25) is 0 Å². The van der Waals surface area contributed by atoms with Gasteiger partial charge in [0.15, 0.2) is 0 Å². The Bertz CT molecular complexity index is 783. The van der Waals surface area contributed by atoms with Crippen molar-refractivity contribution in [1.82, 2.24) is 9.88 Å². The number of pyridine rings is 1. The molecule has 5 rings (SSSR count). The Hall–Kier alpha value is -2.20. The number of benzene rings is 1. The minimum Gasteiger partial charge on any atom is -0.392 e. The van der Waals surface area contributed by atoms with Crippen LogP contribution in [-0.4, -0.2) is 40.8 Å². The van der Waals surface area contributed by atoms with Gasteiger partial charge in [-0.05, 0) is 50.4 Å². The Balaban J connectivity index is 1.48. The van der Waals surface area contributed by atoms with E-state index < -0.39 is 0 Å². The molecule has 1 unspecified atom stereocenters. The summed E-state index contributed by atoms with van der Waals surface area (Å²) in [6.07, 6.45) is 8.83. The first-order chi connectivity index (χ1) is 12.8. The molecule has 2 bridgehead atoms. The maximum Gasteiger partial charge on any atom is 0.130 e. The molecule has 4 nitrogen and oxygen atoms in total. The van der Waals surface area contributed by atoms with E-state index in [0.717, 1.165) is 42.7 Å². The highest BCUT2D eigenvalue weighted by Crippen LogP contribution is 2.35. The molecule has 3 atom stereocenters. The van der Waals surface area contributed by atoms with E-state index in [1.54, 1.807) is 0 Å². The van der Waals surface area contributed by atoms with Gasteiger partial charge >= 0.3 is 0 Å².